The number of halogens is 4. The molecule has 1 aliphatic heterocycles. The largest absolute Gasteiger partial charge is 0.446 e. The topological polar surface area (TPSA) is 49.6 Å². The molecule has 1 saturated heterocycles. The van der Waals surface area contributed by atoms with Crippen molar-refractivity contribution >= 4 is 12.0 Å². The fourth-order valence-corrected chi connectivity index (χ4v) is 3.50. The molecule has 3 rings (SSSR count). The minimum Gasteiger partial charge on any atom is -0.446 e. The van der Waals surface area contributed by atoms with Gasteiger partial charge in [-0.1, -0.05) is 12.1 Å². The van der Waals surface area contributed by atoms with Gasteiger partial charge in [0.2, 0.25) is 11.8 Å². The predicted molar refractivity (Wildman–Crippen MR) is 108 cm³/mol. The molecule has 0 spiro atoms. The summed E-state index contributed by atoms with van der Waals surface area (Å²) < 4.78 is 56.0. The number of nitrogens with zero attached hydrogens (tertiary/aromatic N) is 3. The Morgan fingerprint density at radius 1 is 1.35 bits per heavy atom. The molecular formula is C22H23F4N3O2. The monoisotopic (exact) mass is 437 g/mol. The highest BCUT2D eigenvalue weighted by molar-refractivity contribution is 5.92. The Morgan fingerprint density at radius 2 is 2.13 bits per heavy atom. The lowest BCUT2D eigenvalue weighted by molar-refractivity contribution is -0.137. The highest BCUT2D eigenvalue weighted by Gasteiger charge is 2.31. The lowest BCUT2D eigenvalue weighted by atomic mass is 10.0. The minimum absolute atomic E-state index is 0.0350. The third-order valence-electron chi connectivity index (χ3n) is 5.16. The van der Waals surface area contributed by atoms with Crippen molar-refractivity contribution in [3.8, 4) is 0 Å². The van der Waals surface area contributed by atoms with Gasteiger partial charge in [-0.2, -0.15) is 13.2 Å². The first kappa shape index (κ1) is 22.7. The van der Waals surface area contributed by atoms with Crippen LogP contribution < -0.4 is 0 Å². The zero-order chi connectivity index (χ0) is 22.6. The number of aryl methyl sites for hydroxylation is 1. The Morgan fingerprint density at radius 3 is 2.74 bits per heavy atom. The zero-order valence-electron chi connectivity index (χ0n) is 17.0. The maximum atomic E-state index is 12.8. The van der Waals surface area contributed by atoms with Gasteiger partial charge in [-0.15, -0.1) is 6.58 Å². The summed E-state index contributed by atoms with van der Waals surface area (Å²) >= 11 is 0. The van der Waals surface area contributed by atoms with Crippen LogP contribution in [0.2, 0.25) is 0 Å². The van der Waals surface area contributed by atoms with Gasteiger partial charge in [0.15, 0.2) is 6.67 Å². The molecule has 5 nitrogen and oxygen atoms in total. The van der Waals surface area contributed by atoms with Gasteiger partial charge in [0.05, 0.1) is 17.3 Å². The number of carbonyl (C=O) groups is 1. The van der Waals surface area contributed by atoms with Gasteiger partial charge in [0, 0.05) is 32.3 Å². The predicted octanol–water partition coefficient (Wildman–Crippen LogP) is 4.38. The van der Waals surface area contributed by atoms with Crippen LogP contribution in [0.4, 0.5) is 17.6 Å². The van der Waals surface area contributed by atoms with Gasteiger partial charge >= 0.3 is 6.18 Å². The van der Waals surface area contributed by atoms with Crippen LogP contribution in [0.3, 0.4) is 0 Å². The summed E-state index contributed by atoms with van der Waals surface area (Å²) in [4.78, 5) is 20.5. The maximum Gasteiger partial charge on any atom is 0.416 e. The highest BCUT2D eigenvalue weighted by atomic mass is 19.4. The molecule has 1 aromatic carbocycles. The molecule has 9 heteroatoms. The van der Waals surface area contributed by atoms with Crippen molar-refractivity contribution in [2.24, 2.45) is 0 Å². The Hall–Kier alpha value is -2.94. The van der Waals surface area contributed by atoms with E-state index >= 15 is 0 Å². The summed E-state index contributed by atoms with van der Waals surface area (Å²) in [6.07, 6.45) is 1.59. The average molecular weight is 437 g/mol. The molecule has 2 heterocycles. The van der Waals surface area contributed by atoms with Gasteiger partial charge < -0.3 is 9.32 Å². The van der Waals surface area contributed by atoms with E-state index in [1.54, 1.807) is 17.9 Å². The summed E-state index contributed by atoms with van der Waals surface area (Å²) in [6, 6.07) is 3.18. The van der Waals surface area contributed by atoms with Crippen molar-refractivity contribution in [3.05, 3.63) is 71.5 Å². The van der Waals surface area contributed by atoms with E-state index in [1.807, 2.05) is 0 Å². The number of hydrogen-bond donors (Lipinski definition) is 0. The smallest absolute Gasteiger partial charge is 0.416 e. The summed E-state index contributed by atoms with van der Waals surface area (Å²) in [5.74, 6) is -0.210. The average Bonchev–Trinajstić information content (AvgIpc) is 3.19. The maximum absolute atomic E-state index is 12.8. The molecule has 1 fully saturated rings. The first-order valence-corrected chi connectivity index (χ1v) is 9.72. The van der Waals surface area contributed by atoms with Crippen molar-refractivity contribution in [1.82, 2.24) is 14.8 Å². The van der Waals surface area contributed by atoms with Crippen molar-refractivity contribution in [2.45, 2.75) is 32.4 Å². The van der Waals surface area contributed by atoms with Gasteiger partial charge in [-0.3, -0.25) is 9.69 Å². The van der Waals surface area contributed by atoms with E-state index in [-0.39, 0.29) is 17.8 Å². The summed E-state index contributed by atoms with van der Waals surface area (Å²) in [5.41, 5.74) is 0.879. The number of amides is 1. The molecule has 31 heavy (non-hydrogen) atoms. The third kappa shape index (κ3) is 5.61. The Labute approximate surface area is 177 Å². The van der Waals surface area contributed by atoms with Crippen molar-refractivity contribution in [1.29, 1.82) is 0 Å². The van der Waals surface area contributed by atoms with E-state index in [4.69, 9.17) is 4.42 Å². The summed E-state index contributed by atoms with van der Waals surface area (Å²) in [5, 5.41) is 0. The molecule has 0 aliphatic carbocycles. The fraction of sp³-hybridized carbons (Fsp3) is 0.364. The van der Waals surface area contributed by atoms with Crippen LogP contribution in [0.25, 0.3) is 6.08 Å². The number of carbonyl (C=O) groups excluding carboxylic acids is 1. The third-order valence-corrected chi connectivity index (χ3v) is 5.16. The lowest BCUT2D eigenvalue weighted by Crippen LogP contribution is -2.53. The number of benzene rings is 1. The first-order valence-electron chi connectivity index (χ1n) is 9.72. The van der Waals surface area contributed by atoms with Crippen LogP contribution in [-0.4, -0.2) is 46.4 Å². The van der Waals surface area contributed by atoms with Crippen LogP contribution in [0, 0.1) is 6.92 Å². The molecule has 0 N–H and O–H groups in total. The normalized spacial score (nSPS) is 18.0. The minimum atomic E-state index is -4.40. The number of rotatable bonds is 6. The van der Waals surface area contributed by atoms with E-state index in [9.17, 15) is 22.4 Å². The molecular weight excluding hydrogens is 414 g/mol. The van der Waals surface area contributed by atoms with Gasteiger partial charge in [0.1, 0.15) is 6.26 Å². The van der Waals surface area contributed by atoms with E-state index in [0.29, 0.717) is 43.0 Å². The second kappa shape index (κ2) is 9.47. The van der Waals surface area contributed by atoms with Crippen LogP contribution in [0.5, 0.6) is 0 Å². The van der Waals surface area contributed by atoms with E-state index in [0.717, 1.165) is 12.1 Å². The Kier molecular flexibility index (Phi) is 6.94. The zero-order valence-corrected chi connectivity index (χ0v) is 17.0. The molecule has 1 amide bonds. The van der Waals surface area contributed by atoms with Crippen molar-refractivity contribution in [3.63, 3.8) is 0 Å². The molecule has 1 aliphatic rings. The number of alkyl halides is 4. The van der Waals surface area contributed by atoms with Crippen molar-refractivity contribution in [2.75, 3.05) is 19.6 Å². The first-order chi connectivity index (χ1) is 14.7. The van der Waals surface area contributed by atoms with E-state index in [2.05, 4.69) is 16.5 Å². The van der Waals surface area contributed by atoms with Gasteiger partial charge in [-0.05, 0) is 36.3 Å². The van der Waals surface area contributed by atoms with Crippen LogP contribution in [0.15, 0.2) is 47.6 Å². The molecule has 2 aromatic rings. The van der Waals surface area contributed by atoms with Crippen LogP contribution >= 0.6 is 0 Å². The van der Waals surface area contributed by atoms with Gasteiger partial charge in [-0.25, -0.2) is 9.37 Å². The summed E-state index contributed by atoms with van der Waals surface area (Å²) in [6.45, 7) is 6.64. The SMILES string of the molecule is C=C[C@@H]1CN(Cc2coc(CF)n2)CCN1C(=O)/C=C/c1ccc(C(F)(F)F)cc1C. The molecule has 0 saturated carbocycles. The highest BCUT2D eigenvalue weighted by Crippen LogP contribution is 2.30. The van der Waals surface area contributed by atoms with Gasteiger partial charge in [0.25, 0.3) is 0 Å². The molecule has 166 valence electrons. The fourth-order valence-electron chi connectivity index (χ4n) is 3.50. The standard InChI is InChI=1S/C22H23F4N3O2/c1-3-19-13-28(12-18-14-31-20(11-23)27-18)8-9-29(19)21(30)7-5-16-4-6-17(10-15(16)2)22(24,25)26/h3-7,10,14,19H,1,8-9,11-13H2,2H3/b7-5+/t19-/m1/s1. The number of oxazole rings is 1. The van der Waals surface area contributed by atoms with Crippen LogP contribution in [0.1, 0.15) is 28.3 Å². The van der Waals surface area contributed by atoms with E-state index in [1.165, 1.54) is 24.5 Å². The Balaban J connectivity index is 1.63. The molecule has 0 unspecified atom stereocenters. The molecule has 1 aromatic heterocycles. The summed E-state index contributed by atoms with van der Waals surface area (Å²) in [7, 11) is 0. The lowest BCUT2D eigenvalue weighted by Gasteiger charge is -2.39. The molecule has 1 atom stereocenters. The number of aromatic nitrogens is 1. The van der Waals surface area contributed by atoms with Crippen molar-refractivity contribution < 1.29 is 26.8 Å². The van der Waals surface area contributed by atoms with Crippen LogP contribution in [-0.2, 0) is 24.2 Å². The Bertz CT molecular complexity index is 968. The van der Waals surface area contributed by atoms with E-state index < -0.39 is 18.4 Å². The molecule has 0 bridgehead atoms. The second-order valence-corrected chi connectivity index (χ2v) is 7.34. The quantitative estimate of drug-likeness (QED) is 0.382. The second-order valence-electron chi connectivity index (χ2n) is 7.34. The molecule has 0 radical (unpaired) electrons. The number of piperazine rings is 1. The number of hydrogen-bond acceptors (Lipinski definition) is 4.